The van der Waals surface area contributed by atoms with Crippen molar-refractivity contribution in [1.29, 1.82) is 0 Å². The zero-order valence-corrected chi connectivity index (χ0v) is 16.6. The van der Waals surface area contributed by atoms with E-state index in [1.54, 1.807) is 29.2 Å². The Morgan fingerprint density at radius 3 is 2.42 bits per heavy atom. The molecule has 0 atom stereocenters. The number of hydrogen-bond acceptors (Lipinski definition) is 5. The SMILES string of the molecule is COc1cccc2cc(C(=O)N3CCN(c4cccc(C(F)(F)F)c4)CC3)c(=O)oc12. The van der Waals surface area contributed by atoms with E-state index in [9.17, 15) is 22.8 Å². The van der Waals surface area contributed by atoms with Crippen molar-refractivity contribution in [2.24, 2.45) is 0 Å². The van der Waals surface area contributed by atoms with Crippen LogP contribution in [-0.4, -0.2) is 44.1 Å². The van der Waals surface area contributed by atoms with Crippen molar-refractivity contribution in [1.82, 2.24) is 4.90 Å². The van der Waals surface area contributed by atoms with Crippen LogP contribution in [0.1, 0.15) is 15.9 Å². The molecule has 4 rings (SSSR count). The highest BCUT2D eigenvalue weighted by Gasteiger charge is 2.31. The van der Waals surface area contributed by atoms with Crippen molar-refractivity contribution < 1.29 is 27.1 Å². The van der Waals surface area contributed by atoms with Gasteiger partial charge in [0.25, 0.3) is 5.91 Å². The smallest absolute Gasteiger partial charge is 0.416 e. The maximum absolute atomic E-state index is 13.0. The summed E-state index contributed by atoms with van der Waals surface area (Å²) in [5.74, 6) is -0.0783. The Balaban J connectivity index is 1.51. The minimum absolute atomic E-state index is 0.0896. The summed E-state index contributed by atoms with van der Waals surface area (Å²) in [4.78, 5) is 28.6. The largest absolute Gasteiger partial charge is 0.493 e. The van der Waals surface area contributed by atoms with Gasteiger partial charge in [-0.05, 0) is 30.3 Å². The van der Waals surface area contributed by atoms with Crippen LogP contribution in [-0.2, 0) is 6.18 Å². The predicted octanol–water partition coefficient (Wildman–Crippen LogP) is 3.78. The molecule has 1 aromatic heterocycles. The number of carbonyl (C=O) groups is 1. The molecule has 162 valence electrons. The molecule has 3 aromatic rings. The van der Waals surface area contributed by atoms with E-state index in [1.165, 1.54) is 24.1 Å². The Morgan fingerprint density at radius 1 is 1.03 bits per heavy atom. The minimum Gasteiger partial charge on any atom is -0.493 e. The molecule has 1 amide bonds. The van der Waals surface area contributed by atoms with Gasteiger partial charge < -0.3 is 19.0 Å². The molecule has 9 heteroatoms. The van der Waals surface area contributed by atoms with Gasteiger partial charge in [-0.2, -0.15) is 13.2 Å². The fourth-order valence-corrected chi connectivity index (χ4v) is 3.64. The van der Waals surface area contributed by atoms with Gasteiger partial charge in [-0.1, -0.05) is 18.2 Å². The van der Waals surface area contributed by atoms with Crippen LogP contribution in [0.5, 0.6) is 5.75 Å². The van der Waals surface area contributed by atoms with Crippen molar-refractivity contribution in [3.63, 3.8) is 0 Å². The molecule has 2 aromatic carbocycles. The van der Waals surface area contributed by atoms with E-state index in [4.69, 9.17) is 9.15 Å². The molecule has 6 nitrogen and oxygen atoms in total. The molecule has 0 spiro atoms. The molecule has 2 heterocycles. The van der Waals surface area contributed by atoms with E-state index in [1.807, 2.05) is 0 Å². The lowest BCUT2D eigenvalue weighted by molar-refractivity contribution is -0.137. The Labute approximate surface area is 175 Å². The third-order valence-electron chi connectivity index (χ3n) is 5.28. The maximum atomic E-state index is 13.0. The predicted molar refractivity (Wildman–Crippen MR) is 109 cm³/mol. The third-order valence-corrected chi connectivity index (χ3v) is 5.28. The number of ether oxygens (including phenoxy) is 1. The first-order chi connectivity index (χ1) is 14.8. The average Bonchev–Trinajstić information content (AvgIpc) is 2.77. The van der Waals surface area contributed by atoms with Crippen molar-refractivity contribution in [3.05, 3.63) is 70.1 Å². The van der Waals surface area contributed by atoms with Gasteiger partial charge in [0.15, 0.2) is 11.3 Å². The topological polar surface area (TPSA) is 63.0 Å². The van der Waals surface area contributed by atoms with Gasteiger partial charge >= 0.3 is 11.8 Å². The van der Waals surface area contributed by atoms with Crippen molar-refractivity contribution in [3.8, 4) is 5.75 Å². The minimum atomic E-state index is -4.42. The standard InChI is InChI=1S/C22H19F3N2O4/c1-30-18-7-2-4-14-12-17(21(29)31-19(14)18)20(28)27-10-8-26(9-11-27)16-6-3-5-15(13-16)22(23,24)25/h2-7,12-13H,8-11H2,1H3. The van der Waals surface area contributed by atoms with E-state index < -0.39 is 23.3 Å². The van der Waals surface area contributed by atoms with E-state index in [0.29, 0.717) is 29.9 Å². The number of nitrogens with zero attached hydrogens (tertiary/aromatic N) is 2. The summed E-state index contributed by atoms with van der Waals surface area (Å²) in [7, 11) is 1.46. The first-order valence-corrected chi connectivity index (χ1v) is 9.60. The van der Waals surface area contributed by atoms with Crippen LogP contribution in [0.4, 0.5) is 18.9 Å². The van der Waals surface area contributed by atoms with Crippen LogP contribution >= 0.6 is 0 Å². The molecule has 0 unspecified atom stereocenters. The Hall–Kier alpha value is -3.49. The highest BCUT2D eigenvalue weighted by Crippen LogP contribution is 2.32. The van der Waals surface area contributed by atoms with E-state index in [2.05, 4.69) is 0 Å². The zero-order valence-electron chi connectivity index (χ0n) is 16.6. The fourth-order valence-electron chi connectivity index (χ4n) is 3.64. The molecule has 1 fully saturated rings. The van der Waals surface area contributed by atoms with Gasteiger partial charge in [0.05, 0.1) is 12.7 Å². The van der Waals surface area contributed by atoms with Gasteiger partial charge in [0.2, 0.25) is 0 Å². The summed E-state index contributed by atoms with van der Waals surface area (Å²) in [6.07, 6.45) is -4.42. The first-order valence-electron chi connectivity index (χ1n) is 9.60. The second kappa shape index (κ2) is 7.98. The third kappa shape index (κ3) is 4.08. The molecule has 0 bridgehead atoms. The maximum Gasteiger partial charge on any atom is 0.416 e. The highest BCUT2D eigenvalue weighted by molar-refractivity contribution is 5.97. The van der Waals surface area contributed by atoms with Crippen molar-refractivity contribution >= 4 is 22.6 Å². The number of para-hydroxylation sites is 1. The summed E-state index contributed by atoms with van der Waals surface area (Å²) >= 11 is 0. The van der Waals surface area contributed by atoms with Crippen LogP contribution < -0.4 is 15.3 Å². The summed E-state index contributed by atoms with van der Waals surface area (Å²) in [6.45, 7) is 1.23. The second-order valence-electron chi connectivity index (χ2n) is 7.15. The van der Waals surface area contributed by atoms with Crippen LogP contribution in [0.3, 0.4) is 0 Å². The number of methoxy groups -OCH3 is 1. The quantitative estimate of drug-likeness (QED) is 0.590. The lowest BCUT2D eigenvalue weighted by Gasteiger charge is -2.36. The zero-order chi connectivity index (χ0) is 22.2. The summed E-state index contributed by atoms with van der Waals surface area (Å²) in [5.41, 5.74) is -0.858. The molecule has 1 aliphatic heterocycles. The Bertz CT molecular complexity index is 1180. The lowest BCUT2D eigenvalue weighted by atomic mass is 10.1. The summed E-state index contributed by atoms with van der Waals surface area (Å²) in [6, 6.07) is 11.7. The monoisotopic (exact) mass is 432 g/mol. The van der Waals surface area contributed by atoms with E-state index in [-0.39, 0.29) is 24.2 Å². The number of amides is 1. The molecular weight excluding hydrogens is 413 g/mol. The van der Waals surface area contributed by atoms with Gasteiger partial charge in [-0.25, -0.2) is 4.79 Å². The van der Waals surface area contributed by atoms with Gasteiger partial charge in [-0.3, -0.25) is 4.79 Å². The van der Waals surface area contributed by atoms with Crippen LogP contribution in [0.25, 0.3) is 11.0 Å². The first kappa shape index (κ1) is 20.8. The molecule has 0 N–H and O–H groups in total. The fraction of sp³-hybridized carbons (Fsp3) is 0.273. The Kier molecular flexibility index (Phi) is 5.34. The number of alkyl halides is 3. The van der Waals surface area contributed by atoms with E-state index >= 15 is 0 Å². The molecule has 0 saturated carbocycles. The average molecular weight is 432 g/mol. The van der Waals surface area contributed by atoms with Gasteiger partial charge in [0, 0.05) is 37.3 Å². The summed E-state index contributed by atoms with van der Waals surface area (Å²) in [5, 5.41) is 0.560. The number of carbonyl (C=O) groups excluding carboxylic acids is 1. The van der Waals surface area contributed by atoms with Gasteiger partial charge in [0.1, 0.15) is 5.56 Å². The summed E-state index contributed by atoms with van der Waals surface area (Å²) < 4.78 is 49.4. The van der Waals surface area contributed by atoms with Gasteiger partial charge in [-0.15, -0.1) is 0 Å². The number of anilines is 1. The number of fused-ring (bicyclic) bond motifs is 1. The van der Waals surface area contributed by atoms with E-state index in [0.717, 1.165) is 12.1 Å². The number of rotatable bonds is 3. The van der Waals surface area contributed by atoms with Crippen molar-refractivity contribution in [2.45, 2.75) is 6.18 Å². The molecular formula is C22H19F3N2O4. The van der Waals surface area contributed by atoms with Crippen molar-refractivity contribution in [2.75, 3.05) is 38.2 Å². The lowest BCUT2D eigenvalue weighted by Crippen LogP contribution is -2.49. The molecule has 0 aliphatic carbocycles. The highest BCUT2D eigenvalue weighted by atomic mass is 19.4. The van der Waals surface area contributed by atoms with Crippen LogP contribution in [0.2, 0.25) is 0 Å². The normalized spacial score (nSPS) is 14.7. The molecule has 0 radical (unpaired) electrons. The number of benzene rings is 2. The molecule has 1 aliphatic rings. The molecule has 31 heavy (non-hydrogen) atoms. The number of hydrogen-bond donors (Lipinski definition) is 0. The van der Waals surface area contributed by atoms with Crippen LogP contribution in [0, 0.1) is 0 Å². The number of piperazine rings is 1. The van der Waals surface area contributed by atoms with Crippen LogP contribution in [0.15, 0.2) is 57.7 Å². The Morgan fingerprint density at radius 2 is 1.74 bits per heavy atom. The second-order valence-corrected chi connectivity index (χ2v) is 7.15. The molecule has 1 saturated heterocycles. The number of halogens is 3.